The predicted molar refractivity (Wildman–Crippen MR) is 297 cm³/mol. The molecule has 3 aliphatic heterocycles. The summed E-state index contributed by atoms with van der Waals surface area (Å²) >= 11 is 7.84. The van der Waals surface area contributed by atoms with Crippen molar-refractivity contribution in [1.82, 2.24) is 35.3 Å². The average molecular weight is 1100 g/mol. The number of carbonyl (C=O) groups excluding carboxylic acids is 5. The number of nitrogens with one attached hydrogen (secondary N) is 2. The van der Waals surface area contributed by atoms with Gasteiger partial charge >= 0.3 is 5.97 Å². The van der Waals surface area contributed by atoms with E-state index in [-0.39, 0.29) is 67.2 Å². The number of thiazole rings is 1. The highest BCUT2D eigenvalue weighted by atomic mass is 35.5. The Morgan fingerprint density at radius 2 is 1.64 bits per heavy atom. The van der Waals surface area contributed by atoms with Gasteiger partial charge in [-0.1, -0.05) is 77.4 Å². The largest absolute Gasteiger partial charge is 0.492 e. The van der Waals surface area contributed by atoms with Crippen molar-refractivity contribution in [2.24, 2.45) is 16.7 Å². The van der Waals surface area contributed by atoms with Gasteiger partial charge in [0, 0.05) is 87.3 Å². The fourth-order valence-corrected chi connectivity index (χ4v) is 13.1. The number of piperazine rings is 1. The van der Waals surface area contributed by atoms with Crippen LogP contribution in [0.25, 0.3) is 10.4 Å². The number of nitriles is 1. The molecule has 4 atom stereocenters. The molecule has 5 aromatic rings. The Hall–Kier alpha value is -7.07. The van der Waals surface area contributed by atoms with Crippen LogP contribution in [0.4, 0.5) is 5.82 Å². The number of carbonyl (C=O) groups is 5. The summed E-state index contributed by atoms with van der Waals surface area (Å²) in [6.45, 7) is 21.6. The number of amides is 4. The van der Waals surface area contributed by atoms with Crippen LogP contribution in [0.1, 0.15) is 111 Å². The number of aromatic nitrogens is 2. The number of esters is 1. The molecular weight excluding hydrogens is 1030 g/mol. The molecule has 19 heteroatoms. The van der Waals surface area contributed by atoms with Gasteiger partial charge < -0.3 is 39.5 Å². The number of hydrogen-bond donors (Lipinski definition) is 2. The summed E-state index contributed by atoms with van der Waals surface area (Å²) in [7, 11) is 0. The highest BCUT2D eigenvalue weighted by Gasteiger charge is 2.64. The van der Waals surface area contributed by atoms with Crippen molar-refractivity contribution in [1.29, 1.82) is 5.26 Å². The van der Waals surface area contributed by atoms with E-state index >= 15 is 0 Å². The van der Waals surface area contributed by atoms with E-state index in [1.165, 1.54) is 11.8 Å². The van der Waals surface area contributed by atoms with Crippen molar-refractivity contribution < 1.29 is 38.2 Å². The van der Waals surface area contributed by atoms with Gasteiger partial charge in [0.05, 0.1) is 44.8 Å². The quantitative estimate of drug-likeness (QED) is 0.0845. The van der Waals surface area contributed by atoms with Crippen molar-refractivity contribution in [3.63, 3.8) is 0 Å². The first kappa shape index (κ1) is 55.7. The summed E-state index contributed by atoms with van der Waals surface area (Å²) in [4.78, 5) is 86.4. The predicted octanol–water partition coefficient (Wildman–Crippen LogP) is 8.24. The zero-order chi connectivity index (χ0) is 55.8. The molecule has 17 nitrogen and oxygen atoms in total. The number of pyridine rings is 1. The lowest BCUT2D eigenvalue weighted by Crippen LogP contribution is -2.74. The van der Waals surface area contributed by atoms with Crippen LogP contribution in [0.5, 0.6) is 11.5 Å². The number of ether oxygens (including phenoxy) is 3. The number of hydrogen-bond acceptors (Lipinski definition) is 14. The fourth-order valence-electron chi connectivity index (χ4n) is 12.1. The van der Waals surface area contributed by atoms with Gasteiger partial charge in [0.15, 0.2) is 0 Å². The van der Waals surface area contributed by atoms with E-state index in [2.05, 4.69) is 64.2 Å². The van der Waals surface area contributed by atoms with Crippen LogP contribution in [0.3, 0.4) is 0 Å². The lowest BCUT2D eigenvalue weighted by molar-refractivity contribution is -0.164. The van der Waals surface area contributed by atoms with Gasteiger partial charge in [-0.25, -0.2) is 9.97 Å². The summed E-state index contributed by atoms with van der Waals surface area (Å²) in [5, 5.41) is 15.9. The minimum Gasteiger partial charge on any atom is -0.492 e. The molecule has 0 radical (unpaired) electrons. The molecule has 9 rings (SSSR count). The molecule has 0 bridgehead atoms. The number of likely N-dealkylation sites (tertiary alicyclic amines) is 1. The molecule has 2 saturated heterocycles. The van der Waals surface area contributed by atoms with E-state index in [1.54, 1.807) is 52.8 Å². The first-order valence-electron chi connectivity index (χ1n) is 26.6. The van der Waals surface area contributed by atoms with Crippen molar-refractivity contribution in [2.45, 2.75) is 112 Å². The lowest BCUT2D eigenvalue weighted by Gasteiger charge is -2.63. The molecule has 410 valence electrons. The Morgan fingerprint density at radius 3 is 2.27 bits per heavy atom. The van der Waals surface area contributed by atoms with Crippen molar-refractivity contribution in [2.75, 3.05) is 50.8 Å². The van der Waals surface area contributed by atoms with Crippen molar-refractivity contribution in [3.8, 4) is 28.0 Å². The Morgan fingerprint density at radius 1 is 0.923 bits per heavy atom. The SMILES string of the molecule is CC(=O)OC1CC(C(=O)N[C@@H](C)c2ccc(-c3scnc3C)cc2)N(C(=O)C(C(C)C)N2Cc3cc(OCCN4CCN(c5ccc(C(=O)NC6C(C)(C)C(Oc7ccc(C#N)c(Cl)c7)C6(C)C)cn5)CC4)ccc3C2=O)C1. The normalized spacial score (nSPS) is 21.3. The second-order valence-corrected chi connectivity index (χ2v) is 23.7. The van der Waals surface area contributed by atoms with E-state index in [0.29, 0.717) is 46.4 Å². The molecule has 4 aliphatic rings. The van der Waals surface area contributed by atoms with Crippen molar-refractivity contribution >= 4 is 58.4 Å². The molecular formula is C59H68ClN9O8S. The molecule has 1 aliphatic carbocycles. The summed E-state index contributed by atoms with van der Waals surface area (Å²) in [5.74, 6) is -0.0271. The average Bonchev–Trinajstić information content (AvgIpc) is 4.27. The first-order chi connectivity index (χ1) is 37.1. The minimum absolute atomic E-state index is 0.0292. The van der Waals surface area contributed by atoms with Gasteiger partial charge in [0.1, 0.15) is 54.3 Å². The van der Waals surface area contributed by atoms with Crippen LogP contribution in [-0.4, -0.2) is 130 Å². The number of benzene rings is 3. The Labute approximate surface area is 465 Å². The number of fused-ring (bicyclic) bond motifs is 1. The second kappa shape index (κ2) is 22.7. The van der Waals surface area contributed by atoms with Crippen molar-refractivity contribution in [3.05, 3.63) is 123 Å². The van der Waals surface area contributed by atoms with Crippen LogP contribution < -0.4 is 25.0 Å². The Bertz CT molecular complexity index is 3100. The zero-order valence-corrected chi connectivity index (χ0v) is 47.2. The number of aryl methyl sites for hydroxylation is 1. The molecule has 3 aromatic carbocycles. The molecule has 0 spiro atoms. The molecule has 3 fully saturated rings. The third kappa shape index (κ3) is 11.4. The molecule has 5 heterocycles. The summed E-state index contributed by atoms with van der Waals surface area (Å²) in [6.07, 6.45) is 0.859. The molecule has 78 heavy (non-hydrogen) atoms. The van der Waals surface area contributed by atoms with E-state index in [4.69, 9.17) is 25.8 Å². The van der Waals surface area contributed by atoms with E-state index in [1.807, 2.05) is 75.7 Å². The Kier molecular flexibility index (Phi) is 16.2. The molecule has 3 unspecified atom stereocenters. The maximum atomic E-state index is 14.7. The lowest BCUT2D eigenvalue weighted by atomic mass is 9.49. The highest BCUT2D eigenvalue weighted by molar-refractivity contribution is 7.13. The van der Waals surface area contributed by atoms with Gasteiger partial charge in [-0.05, 0) is 78.9 Å². The smallest absolute Gasteiger partial charge is 0.302 e. The zero-order valence-electron chi connectivity index (χ0n) is 45.7. The maximum Gasteiger partial charge on any atom is 0.302 e. The van der Waals surface area contributed by atoms with E-state index < -0.39 is 35.0 Å². The molecule has 4 amide bonds. The number of rotatable bonds is 17. The summed E-state index contributed by atoms with van der Waals surface area (Å²) in [6, 6.07) is 21.8. The van der Waals surface area contributed by atoms with Gasteiger partial charge in [-0.15, -0.1) is 11.3 Å². The van der Waals surface area contributed by atoms with Crippen LogP contribution in [0, 0.1) is 35.0 Å². The first-order valence-corrected chi connectivity index (χ1v) is 27.9. The van der Waals surface area contributed by atoms with Gasteiger partial charge in [-0.2, -0.15) is 5.26 Å². The summed E-state index contributed by atoms with van der Waals surface area (Å²) < 4.78 is 18.2. The number of anilines is 1. The van der Waals surface area contributed by atoms with Crippen LogP contribution in [-0.2, 0) is 25.7 Å². The number of halogens is 1. The van der Waals surface area contributed by atoms with Crippen LogP contribution in [0.2, 0.25) is 5.02 Å². The third-order valence-corrected chi connectivity index (χ3v) is 17.2. The van der Waals surface area contributed by atoms with Gasteiger partial charge in [0.2, 0.25) is 11.8 Å². The minimum atomic E-state index is -0.920. The molecule has 1 saturated carbocycles. The van der Waals surface area contributed by atoms with E-state index in [0.717, 1.165) is 59.3 Å². The van der Waals surface area contributed by atoms with Crippen LogP contribution in [0.15, 0.2) is 84.5 Å². The van der Waals surface area contributed by atoms with E-state index in [9.17, 15) is 29.2 Å². The van der Waals surface area contributed by atoms with Gasteiger partial charge in [-0.3, -0.25) is 28.9 Å². The standard InChI is InChI=1S/C59H68ClN9O8S/c1-34(2)50(55(74)68-32-45(76-37(5)70)28-48(68)53(72)64-35(3)38-10-12-39(13-11-38)51-36(4)63-33-78-51)69-31-42-26-43(17-18-46(42)54(69)73)75-25-24-66-20-22-67(23-21-66)49-19-15-41(30-62-49)52(71)65-56-58(6,7)57(59(56,8)9)77-44-16-14-40(29-61)47(60)27-44/h10-19,26-27,30,33-35,45,48,50,56-57H,20-25,28,31-32H2,1-9H3,(H,64,72)(H,65,71)/t35-,45?,48?,50?,56?,57?/m0/s1. The monoisotopic (exact) mass is 1100 g/mol. The molecule has 2 aromatic heterocycles. The third-order valence-electron chi connectivity index (χ3n) is 15.9. The fraction of sp³-hybridized carbons (Fsp3) is 0.458. The number of nitrogens with zero attached hydrogens (tertiary/aromatic N) is 7. The topological polar surface area (TPSA) is 200 Å². The molecule has 2 N–H and O–H groups in total. The van der Waals surface area contributed by atoms with Gasteiger partial charge in [0.25, 0.3) is 11.8 Å². The van der Waals surface area contributed by atoms with Crippen LogP contribution >= 0.6 is 22.9 Å². The Balaban J connectivity index is 0.751. The second-order valence-electron chi connectivity index (χ2n) is 22.4. The highest BCUT2D eigenvalue weighted by Crippen LogP contribution is 2.55. The summed E-state index contributed by atoms with van der Waals surface area (Å²) in [5.41, 5.74) is 6.00. The maximum absolute atomic E-state index is 14.7.